The van der Waals surface area contributed by atoms with Gasteiger partial charge in [-0.15, -0.1) is 0 Å². The summed E-state index contributed by atoms with van der Waals surface area (Å²) in [4.78, 5) is 23.5. The number of nitrogens with one attached hydrogen (secondary N) is 2. The first kappa shape index (κ1) is 16.6. The Labute approximate surface area is 153 Å². The van der Waals surface area contributed by atoms with E-state index in [1.54, 1.807) is 36.5 Å². The molecule has 0 spiro atoms. The summed E-state index contributed by atoms with van der Waals surface area (Å²) in [6, 6.07) is 17.3. The number of anilines is 1. The van der Waals surface area contributed by atoms with Gasteiger partial charge in [0.15, 0.2) is 6.61 Å². The molecule has 134 valence electrons. The fourth-order valence-electron chi connectivity index (χ4n) is 2.66. The third kappa shape index (κ3) is 3.87. The van der Waals surface area contributed by atoms with Crippen LogP contribution in [-0.2, 0) is 4.79 Å². The molecule has 2 heterocycles. The number of H-pyrrole nitrogens is 1. The van der Waals surface area contributed by atoms with Crippen LogP contribution in [-0.4, -0.2) is 22.7 Å². The van der Waals surface area contributed by atoms with Gasteiger partial charge in [0.05, 0.1) is 5.69 Å². The van der Waals surface area contributed by atoms with Crippen LogP contribution in [0.1, 0.15) is 0 Å². The van der Waals surface area contributed by atoms with Crippen LogP contribution in [0.15, 0.2) is 76.1 Å². The van der Waals surface area contributed by atoms with Crippen molar-refractivity contribution < 1.29 is 13.9 Å². The summed E-state index contributed by atoms with van der Waals surface area (Å²) in [7, 11) is 0. The summed E-state index contributed by atoms with van der Waals surface area (Å²) in [5, 5.41) is 10.4. The topological polar surface area (TPSA) is 97.2 Å². The van der Waals surface area contributed by atoms with E-state index in [1.807, 2.05) is 24.3 Å². The lowest BCUT2D eigenvalue weighted by Crippen LogP contribution is -2.20. The molecule has 0 fully saturated rings. The molecule has 7 nitrogen and oxygen atoms in total. The lowest BCUT2D eigenvalue weighted by Gasteiger charge is -2.09. The van der Waals surface area contributed by atoms with Crippen LogP contribution in [0.5, 0.6) is 5.75 Å². The molecule has 2 N–H and O–H groups in total. The molecule has 0 saturated heterocycles. The molecule has 27 heavy (non-hydrogen) atoms. The van der Waals surface area contributed by atoms with E-state index in [1.165, 1.54) is 6.07 Å². The molecule has 7 heteroatoms. The first-order chi connectivity index (χ1) is 13.2. The number of aromatic amines is 1. The Morgan fingerprint density at radius 2 is 2.00 bits per heavy atom. The van der Waals surface area contributed by atoms with Gasteiger partial charge in [0.2, 0.25) is 0 Å². The lowest BCUT2D eigenvalue weighted by molar-refractivity contribution is -0.118. The number of carbonyl (C=O) groups is 1. The van der Waals surface area contributed by atoms with Gasteiger partial charge in [-0.2, -0.15) is 5.10 Å². The van der Waals surface area contributed by atoms with E-state index < -0.39 is 5.63 Å². The fourth-order valence-corrected chi connectivity index (χ4v) is 2.66. The third-order valence-electron chi connectivity index (χ3n) is 3.92. The highest BCUT2D eigenvalue weighted by molar-refractivity contribution is 5.92. The zero-order chi connectivity index (χ0) is 18.6. The van der Waals surface area contributed by atoms with Gasteiger partial charge in [-0.1, -0.05) is 12.1 Å². The minimum absolute atomic E-state index is 0.170. The highest BCUT2D eigenvalue weighted by atomic mass is 16.5. The highest BCUT2D eigenvalue weighted by Gasteiger charge is 2.07. The van der Waals surface area contributed by atoms with E-state index in [0.29, 0.717) is 17.0 Å². The van der Waals surface area contributed by atoms with E-state index in [-0.39, 0.29) is 12.5 Å². The van der Waals surface area contributed by atoms with Crippen molar-refractivity contribution in [1.29, 1.82) is 0 Å². The van der Waals surface area contributed by atoms with Crippen LogP contribution in [0.2, 0.25) is 0 Å². The van der Waals surface area contributed by atoms with Crippen molar-refractivity contribution >= 4 is 22.6 Å². The average Bonchev–Trinajstić information content (AvgIpc) is 3.21. The molecule has 4 aromatic rings. The molecule has 0 aliphatic heterocycles. The Morgan fingerprint density at radius 1 is 1.11 bits per heavy atom. The molecule has 4 rings (SSSR count). The van der Waals surface area contributed by atoms with Crippen molar-refractivity contribution in [3.05, 3.63) is 77.3 Å². The molecule has 2 aromatic heterocycles. The summed E-state index contributed by atoms with van der Waals surface area (Å²) in [6.45, 7) is -0.170. The molecule has 0 aliphatic rings. The van der Waals surface area contributed by atoms with Gasteiger partial charge >= 0.3 is 5.63 Å². The van der Waals surface area contributed by atoms with E-state index in [2.05, 4.69) is 15.5 Å². The number of ether oxygens (including phenoxy) is 1. The summed E-state index contributed by atoms with van der Waals surface area (Å²) >= 11 is 0. The van der Waals surface area contributed by atoms with Crippen LogP contribution >= 0.6 is 0 Å². The molecular formula is C20H15N3O4. The average molecular weight is 361 g/mol. The second kappa shape index (κ2) is 7.17. The van der Waals surface area contributed by atoms with Crippen LogP contribution < -0.4 is 15.7 Å². The van der Waals surface area contributed by atoms with E-state index in [0.717, 1.165) is 16.6 Å². The molecule has 0 unspecified atom stereocenters. The smallest absolute Gasteiger partial charge is 0.336 e. The fraction of sp³-hybridized carbons (Fsp3) is 0.0500. The molecule has 0 bridgehead atoms. The van der Waals surface area contributed by atoms with Gasteiger partial charge < -0.3 is 14.5 Å². The number of hydrogen-bond acceptors (Lipinski definition) is 5. The molecule has 0 radical (unpaired) electrons. The van der Waals surface area contributed by atoms with Gasteiger partial charge in [0.1, 0.15) is 11.3 Å². The van der Waals surface area contributed by atoms with Gasteiger partial charge in [-0.3, -0.25) is 9.89 Å². The van der Waals surface area contributed by atoms with Crippen molar-refractivity contribution in [3.8, 4) is 17.0 Å². The van der Waals surface area contributed by atoms with Crippen LogP contribution in [0.3, 0.4) is 0 Å². The van der Waals surface area contributed by atoms with Crippen LogP contribution in [0.4, 0.5) is 5.69 Å². The summed E-state index contributed by atoms with van der Waals surface area (Å²) in [5.74, 6) is 0.143. The zero-order valence-corrected chi connectivity index (χ0v) is 14.1. The first-order valence-corrected chi connectivity index (χ1v) is 8.24. The molecule has 1 amide bonds. The van der Waals surface area contributed by atoms with Gasteiger partial charge in [-0.25, -0.2) is 4.79 Å². The summed E-state index contributed by atoms with van der Waals surface area (Å²) < 4.78 is 10.6. The molecule has 2 aromatic carbocycles. The third-order valence-corrected chi connectivity index (χ3v) is 3.92. The minimum Gasteiger partial charge on any atom is -0.484 e. The second-order valence-corrected chi connectivity index (χ2v) is 5.84. The van der Waals surface area contributed by atoms with Crippen molar-refractivity contribution in [2.75, 3.05) is 11.9 Å². The minimum atomic E-state index is -0.436. The second-order valence-electron chi connectivity index (χ2n) is 5.84. The predicted molar refractivity (Wildman–Crippen MR) is 101 cm³/mol. The number of carbonyl (C=O) groups excluding carboxylic acids is 1. The van der Waals surface area contributed by atoms with Crippen molar-refractivity contribution in [3.63, 3.8) is 0 Å². The van der Waals surface area contributed by atoms with Gasteiger partial charge in [0.25, 0.3) is 5.91 Å². The Hall–Kier alpha value is -3.87. The number of rotatable bonds is 5. The Kier molecular flexibility index (Phi) is 4.40. The maximum absolute atomic E-state index is 12.2. The standard InChI is InChI=1S/C20H15N3O4/c24-19(22-15-3-1-2-14(10-15)17-8-9-21-23-17)12-26-16-6-4-13-5-7-20(25)27-18(13)11-16/h1-11H,12H2,(H,21,23)(H,22,24). The maximum Gasteiger partial charge on any atom is 0.336 e. The van der Waals surface area contributed by atoms with Crippen LogP contribution in [0, 0.1) is 0 Å². The molecule has 0 aliphatic carbocycles. The van der Waals surface area contributed by atoms with E-state index in [9.17, 15) is 9.59 Å². The first-order valence-electron chi connectivity index (χ1n) is 8.24. The number of fused-ring (bicyclic) bond motifs is 1. The monoisotopic (exact) mass is 361 g/mol. The largest absolute Gasteiger partial charge is 0.484 e. The number of amides is 1. The van der Waals surface area contributed by atoms with Crippen LogP contribution in [0.25, 0.3) is 22.2 Å². The highest BCUT2D eigenvalue weighted by Crippen LogP contribution is 2.21. The van der Waals surface area contributed by atoms with E-state index in [4.69, 9.17) is 9.15 Å². The van der Waals surface area contributed by atoms with Gasteiger partial charge in [-0.05, 0) is 36.4 Å². The van der Waals surface area contributed by atoms with E-state index >= 15 is 0 Å². The molecule has 0 saturated carbocycles. The number of aromatic nitrogens is 2. The van der Waals surface area contributed by atoms with Crippen molar-refractivity contribution in [1.82, 2.24) is 10.2 Å². The molecular weight excluding hydrogens is 346 g/mol. The Balaban J connectivity index is 1.41. The lowest BCUT2D eigenvalue weighted by atomic mass is 10.1. The molecule has 0 atom stereocenters. The number of nitrogens with zero attached hydrogens (tertiary/aromatic N) is 1. The normalized spacial score (nSPS) is 10.7. The number of hydrogen-bond donors (Lipinski definition) is 2. The van der Waals surface area contributed by atoms with Crippen molar-refractivity contribution in [2.45, 2.75) is 0 Å². The Morgan fingerprint density at radius 3 is 2.85 bits per heavy atom. The number of benzene rings is 2. The quantitative estimate of drug-likeness (QED) is 0.532. The Bertz CT molecular complexity index is 1150. The SMILES string of the molecule is O=C(COc1ccc2ccc(=O)oc2c1)Nc1cccc(-c2ccn[nH]2)c1. The maximum atomic E-state index is 12.2. The zero-order valence-electron chi connectivity index (χ0n) is 14.1. The summed E-state index contributed by atoms with van der Waals surface area (Å²) in [6.07, 6.45) is 1.67. The predicted octanol–water partition coefficient (Wildman–Crippen LogP) is 3.20. The van der Waals surface area contributed by atoms with Crippen molar-refractivity contribution in [2.24, 2.45) is 0 Å². The summed E-state index contributed by atoms with van der Waals surface area (Å²) in [5.41, 5.74) is 2.40. The van der Waals surface area contributed by atoms with Gasteiger partial charge in [0, 0.05) is 35.0 Å².